The van der Waals surface area contributed by atoms with Crippen LogP contribution in [0, 0.1) is 0 Å². The molecule has 7 heteroatoms. The second-order valence-electron chi connectivity index (χ2n) is 6.38. The van der Waals surface area contributed by atoms with Gasteiger partial charge in [-0.25, -0.2) is 15.0 Å². The zero-order valence-corrected chi connectivity index (χ0v) is 14.4. The van der Waals surface area contributed by atoms with Crippen molar-refractivity contribution in [3.8, 4) is 0 Å². The van der Waals surface area contributed by atoms with E-state index in [1.165, 1.54) is 17.5 Å². The quantitative estimate of drug-likeness (QED) is 0.687. The van der Waals surface area contributed by atoms with Gasteiger partial charge in [0.15, 0.2) is 5.65 Å². The lowest BCUT2D eigenvalue weighted by Gasteiger charge is -2.15. The molecule has 3 aromatic rings. The Morgan fingerprint density at radius 3 is 2.65 bits per heavy atom. The van der Waals surface area contributed by atoms with Crippen molar-refractivity contribution in [1.82, 2.24) is 19.9 Å². The summed E-state index contributed by atoms with van der Waals surface area (Å²) in [5.74, 6) is 1.33. The molecule has 0 unspecified atom stereocenters. The molecule has 26 heavy (non-hydrogen) atoms. The highest BCUT2D eigenvalue weighted by Crippen LogP contribution is 2.23. The van der Waals surface area contributed by atoms with Gasteiger partial charge in [-0.05, 0) is 29.7 Å². The van der Waals surface area contributed by atoms with Crippen LogP contribution in [-0.4, -0.2) is 32.3 Å². The molecule has 0 atom stereocenters. The molecule has 0 aliphatic carbocycles. The van der Waals surface area contributed by atoms with Crippen LogP contribution in [0.1, 0.15) is 24.0 Å². The number of benzene rings is 1. The van der Waals surface area contributed by atoms with E-state index in [-0.39, 0.29) is 5.91 Å². The van der Waals surface area contributed by atoms with Crippen molar-refractivity contribution in [2.45, 2.75) is 25.9 Å². The lowest BCUT2D eigenvalue weighted by Crippen LogP contribution is -2.25. The molecule has 1 aliphatic heterocycles. The number of anilines is 2. The topological polar surface area (TPSA) is 97.0 Å². The minimum absolute atomic E-state index is 0.185. The summed E-state index contributed by atoms with van der Waals surface area (Å²) >= 11 is 0. The summed E-state index contributed by atoms with van der Waals surface area (Å²) in [6, 6.07) is 11.8. The smallest absolute Gasteiger partial charge is 0.223 e. The Bertz CT molecular complexity index is 933. The fraction of sp³-hybridized carbons (Fsp3) is 0.263. The number of rotatable bonds is 5. The van der Waals surface area contributed by atoms with Gasteiger partial charge < -0.3 is 16.0 Å². The van der Waals surface area contributed by atoms with Crippen molar-refractivity contribution in [2.75, 3.05) is 17.6 Å². The number of nitrogens with two attached hydrogens (primary N) is 1. The number of nitrogens with one attached hydrogen (secondary N) is 1. The molecule has 1 aromatic carbocycles. The largest absolute Gasteiger partial charge is 0.384 e. The summed E-state index contributed by atoms with van der Waals surface area (Å²) in [5.41, 5.74) is 8.75. The normalized spacial score (nSPS) is 13.0. The van der Waals surface area contributed by atoms with Crippen molar-refractivity contribution in [1.29, 1.82) is 0 Å². The number of hydrogen-bond donors (Lipinski definition) is 2. The fourth-order valence-corrected chi connectivity index (χ4v) is 3.21. The maximum atomic E-state index is 12.4. The third kappa shape index (κ3) is 3.28. The van der Waals surface area contributed by atoms with E-state index < -0.39 is 0 Å². The van der Waals surface area contributed by atoms with Gasteiger partial charge in [-0.2, -0.15) is 0 Å². The van der Waals surface area contributed by atoms with Crippen molar-refractivity contribution in [3.63, 3.8) is 0 Å². The summed E-state index contributed by atoms with van der Waals surface area (Å²) in [5, 5.41) is 4.09. The Morgan fingerprint density at radius 1 is 1.12 bits per heavy atom. The van der Waals surface area contributed by atoms with E-state index in [0.29, 0.717) is 43.3 Å². The number of carbonyl (C=O) groups excluding carboxylic acids is 1. The number of nitrogens with zero attached hydrogens (tertiary/aromatic N) is 4. The molecule has 1 aliphatic rings. The maximum Gasteiger partial charge on any atom is 0.223 e. The number of pyridine rings is 1. The average molecular weight is 348 g/mol. The predicted octanol–water partition coefficient (Wildman–Crippen LogP) is 2.34. The third-order valence-corrected chi connectivity index (χ3v) is 4.57. The number of amides is 1. The average Bonchev–Trinajstić information content (AvgIpc) is 3.09. The van der Waals surface area contributed by atoms with Crippen LogP contribution in [0.5, 0.6) is 0 Å². The molecule has 132 valence electrons. The van der Waals surface area contributed by atoms with Crippen molar-refractivity contribution in [2.24, 2.45) is 0 Å². The van der Waals surface area contributed by atoms with Gasteiger partial charge in [0.05, 0.1) is 5.39 Å². The van der Waals surface area contributed by atoms with Crippen LogP contribution in [-0.2, 0) is 17.9 Å². The standard InChI is InChI=1S/C19H20N6O/c20-16-8-7-15-18(22-12-23-19(15)24-16)21-9-3-6-17(26)25-10-13-4-1-2-5-14(13)11-25/h1-2,4-5,7-8,12H,3,6,9-11H2,(H3,20,21,22,23,24). The minimum atomic E-state index is 0.185. The van der Waals surface area contributed by atoms with E-state index in [0.717, 1.165) is 11.8 Å². The molecule has 0 saturated heterocycles. The molecule has 0 spiro atoms. The summed E-state index contributed by atoms with van der Waals surface area (Å²) < 4.78 is 0. The molecule has 3 N–H and O–H groups in total. The molecule has 2 aromatic heterocycles. The van der Waals surface area contributed by atoms with Crippen molar-refractivity contribution in [3.05, 3.63) is 53.9 Å². The summed E-state index contributed by atoms with van der Waals surface area (Å²) in [6.45, 7) is 2.08. The van der Waals surface area contributed by atoms with E-state index in [4.69, 9.17) is 5.73 Å². The van der Waals surface area contributed by atoms with Gasteiger partial charge in [0.2, 0.25) is 5.91 Å². The molecule has 4 rings (SSSR count). The van der Waals surface area contributed by atoms with Gasteiger partial charge in [0, 0.05) is 26.1 Å². The van der Waals surface area contributed by atoms with Crippen LogP contribution < -0.4 is 11.1 Å². The molecule has 0 radical (unpaired) electrons. The van der Waals surface area contributed by atoms with Crippen LogP contribution in [0.3, 0.4) is 0 Å². The Kier molecular flexibility index (Phi) is 4.35. The van der Waals surface area contributed by atoms with E-state index in [1.807, 2.05) is 23.1 Å². The Labute approximate surface area is 151 Å². The highest BCUT2D eigenvalue weighted by Gasteiger charge is 2.22. The second kappa shape index (κ2) is 6.95. The molecule has 0 bridgehead atoms. The first kappa shape index (κ1) is 16.3. The van der Waals surface area contributed by atoms with Crippen LogP contribution in [0.25, 0.3) is 11.0 Å². The number of fused-ring (bicyclic) bond motifs is 2. The monoisotopic (exact) mass is 348 g/mol. The van der Waals surface area contributed by atoms with Crippen molar-refractivity contribution >= 4 is 28.6 Å². The fourth-order valence-electron chi connectivity index (χ4n) is 3.21. The molecular weight excluding hydrogens is 328 g/mol. The van der Waals surface area contributed by atoms with Crippen LogP contribution in [0.2, 0.25) is 0 Å². The zero-order chi connectivity index (χ0) is 17.9. The number of hydrogen-bond acceptors (Lipinski definition) is 6. The minimum Gasteiger partial charge on any atom is -0.384 e. The molecule has 7 nitrogen and oxygen atoms in total. The van der Waals surface area contributed by atoms with Gasteiger partial charge in [-0.15, -0.1) is 0 Å². The van der Waals surface area contributed by atoms with Crippen LogP contribution in [0.15, 0.2) is 42.7 Å². The Hall–Kier alpha value is -3.22. The molecule has 0 fully saturated rings. The second-order valence-corrected chi connectivity index (χ2v) is 6.38. The van der Waals surface area contributed by atoms with E-state index in [1.54, 1.807) is 6.07 Å². The summed E-state index contributed by atoms with van der Waals surface area (Å²) in [4.78, 5) is 26.9. The summed E-state index contributed by atoms with van der Waals surface area (Å²) in [7, 11) is 0. The van der Waals surface area contributed by atoms with Crippen LogP contribution in [0.4, 0.5) is 11.6 Å². The van der Waals surface area contributed by atoms with Gasteiger partial charge in [0.1, 0.15) is 18.0 Å². The van der Waals surface area contributed by atoms with E-state index in [2.05, 4.69) is 32.4 Å². The number of aromatic nitrogens is 3. The van der Waals surface area contributed by atoms with Crippen LogP contribution >= 0.6 is 0 Å². The molecule has 1 amide bonds. The maximum absolute atomic E-state index is 12.4. The van der Waals surface area contributed by atoms with Gasteiger partial charge >= 0.3 is 0 Å². The molecular formula is C19H20N6O. The first-order valence-electron chi connectivity index (χ1n) is 8.66. The van der Waals surface area contributed by atoms with E-state index in [9.17, 15) is 4.79 Å². The van der Waals surface area contributed by atoms with E-state index >= 15 is 0 Å². The Balaban J connectivity index is 1.30. The lowest BCUT2D eigenvalue weighted by molar-refractivity contribution is -0.131. The highest BCUT2D eigenvalue weighted by atomic mass is 16.2. The lowest BCUT2D eigenvalue weighted by atomic mass is 10.1. The SMILES string of the molecule is Nc1ccc2c(NCCCC(=O)N3Cc4ccccc4C3)ncnc2n1. The summed E-state index contributed by atoms with van der Waals surface area (Å²) in [6.07, 6.45) is 2.71. The van der Waals surface area contributed by atoms with Gasteiger partial charge in [0.25, 0.3) is 0 Å². The number of nitrogen functional groups attached to an aromatic ring is 1. The zero-order valence-electron chi connectivity index (χ0n) is 14.4. The predicted molar refractivity (Wildman–Crippen MR) is 100 cm³/mol. The van der Waals surface area contributed by atoms with Gasteiger partial charge in [-0.1, -0.05) is 24.3 Å². The molecule has 0 saturated carbocycles. The third-order valence-electron chi connectivity index (χ3n) is 4.57. The van der Waals surface area contributed by atoms with Crippen molar-refractivity contribution < 1.29 is 4.79 Å². The first-order chi connectivity index (χ1) is 12.7. The van der Waals surface area contributed by atoms with Gasteiger partial charge in [-0.3, -0.25) is 4.79 Å². The number of carbonyl (C=O) groups is 1. The first-order valence-corrected chi connectivity index (χ1v) is 8.66. The highest BCUT2D eigenvalue weighted by molar-refractivity contribution is 5.87. The Morgan fingerprint density at radius 2 is 1.88 bits per heavy atom. The molecule has 3 heterocycles.